The lowest BCUT2D eigenvalue weighted by Crippen LogP contribution is -2.40. The number of halogens is 1. The van der Waals surface area contributed by atoms with Gasteiger partial charge in [0.05, 0.1) is 31.3 Å². The molecule has 30 heavy (non-hydrogen) atoms. The van der Waals surface area contributed by atoms with E-state index in [-0.39, 0.29) is 36.3 Å². The van der Waals surface area contributed by atoms with Crippen molar-refractivity contribution in [3.63, 3.8) is 0 Å². The summed E-state index contributed by atoms with van der Waals surface area (Å²) in [6.07, 6.45) is 0.987. The molecular formula is C21H36IN3O4S. The average Bonchev–Trinajstić information content (AvgIpc) is 3.16. The molecule has 0 amide bonds. The van der Waals surface area contributed by atoms with Crippen molar-refractivity contribution >= 4 is 39.8 Å². The van der Waals surface area contributed by atoms with Gasteiger partial charge in [0, 0.05) is 31.6 Å². The number of nitrogens with zero attached hydrogens (tertiary/aromatic N) is 2. The predicted octanol–water partition coefficient (Wildman–Crippen LogP) is 3.29. The fraction of sp³-hybridized carbons (Fsp3) is 0.667. The fourth-order valence-electron chi connectivity index (χ4n) is 3.29. The molecule has 0 aromatic heterocycles. The van der Waals surface area contributed by atoms with E-state index in [9.17, 15) is 8.42 Å². The summed E-state index contributed by atoms with van der Waals surface area (Å²) in [6, 6.07) is 5.98. The van der Waals surface area contributed by atoms with Crippen molar-refractivity contribution < 1.29 is 17.9 Å². The third-order valence-electron chi connectivity index (χ3n) is 5.22. The molecule has 1 aliphatic heterocycles. The predicted molar refractivity (Wildman–Crippen MR) is 133 cm³/mol. The normalized spacial score (nSPS) is 17.5. The Kier molecular flexibility index (Phi) is 10.2. The Morgan fingerprint density at radius 2 is 1.80 bits per heavy atom. The largest absolute Gasteiger partial charge is 0.497 e. The zero-order valence-electron chi connectivity index (χ0n) is 18.9. The van der Waals surface area contributed by atoms with Crippen LogP contribution in [0.1, 0.15) is 45.6 Å². The van der Waals surface area contributed by atoms with Crippen LogP contribution in [-0.2, 0) is 9.84 Å². The molecule has 1 aromatic rings. The van der Waals surface area contributed by atoms with Gasteiger partial charge >= 0.3 is 0 Å². The van der Waals surface area contributed by atoms with Gasteiger partial charge in [0.2, 0.25) is 0 Å². The summed E-state index contributed by atoms with van der Waals surface area (Å²) in [6.45, 7) is 9.87. The van der Waals surface area contributed by atoms with Crippen LogP contribution < -0.4 is 14.8 Å². The minimum atomic E-state index is -3.18. The van der Waals surface area contributed by atoms with E-state index in [2.05, 4.69) is 27.3 Å². The Morgan fingerprint density at radius 1 is 1.20 bits per heavy atom. The van der Waals surface area contributed by atoms with Crippen molar-refractivity contribution in [2.45, 2.75) is 44.8 Å². The number of hydrogen-bond acceptors (Lipinski definition) is 5. The molecule has 0 aliphatic carbocycles. The summed E-state index contributed by atoms with van der Waals surface area (Å²) in [7, 11) is 0.126. The standard InChI is InChI=1S/C21H35N3O4S.HI/c1-7-22-20(23-9-11-29(25,26)21(2,3)4)24-10-8-16(15-24)17-12-18(27-5)14-19(13-17)28-6;/h12-14,16H,7-11,15H2,1-6H3,(H,22,23);1H. The van der Waals surface area contributed by atoms with Gasteiger partial charge in [-0.1, -0.05) is 0 Å². The maximum absolute atomic E-state index is 12.3. The van der Waals surface area contributed by atoms with Gasteiger partial charge in [-0.3, -0.25) is 4.99 Å². The number of guanidine groups is 1. The van der Waals surface area contributed by atoms with Crippen LogP contribution in [0.2, 0.25) is 0 Å². The smallest absolute Gasteiger partial charge is 0.193 e. The third kappa shape index (κ3) is 6.90. The quantitative estimate of drug-likeness (QED) is 0.317. The van der Waals surface area contributed by atoms with E-state index in [1.807, 2.05) is 13.0 Å². The molecule has 1 aliphatic rings. The minimum Gasteiger partial charge on any atom is -0.497 e. The highest BCUT2D eigenvalue weighted by atomic mass is 127. The van der Waals surface area contributed by atoms with Gasteiger partial charge in [-0.2, -0.15) is 0 Å². The van der Waals surface area contributed by atoms with Crippen molar-refractivity contribution in [2.24, 2.45) is 4.99 Å². The number of methoxy groups -OCH3 is 2. The minimum absolute atomic E-state index is 0. The van der Waals surface area contributed by atoms with Crippen LogP contribution >= 0.6 is 24.0 Å². The molecular weight excluding hydrogens is 517 g/mol. The van der Waals surface area contributed by atoms with Crippen molar-refractivity contribution in [2.75, 3.05) is 46.2 Å². The van der Waals surface area contributed by atoms with E-state index < -0.39 is 14.6 Å². The molecule has 1 heterocycles. The summed E-state index contributed by atoms with van der Waals surface area (Å²) < 4.78 is 34.7. The first-order valence-corrected chi connectivity index (χ1v) is 11.7. The molecule has 172 valence electrons. The van der Waals surface area contributed by atoms with Crippen LogP contribution in [0.15, 0.2) is 23.2 Å². The number of rotatable bonds is 7. The number of aliphatic imine (C=N–C) groups is 1. The van der Waals surface area contributed by atoms with Crippen LogP contribution in [0.4, 0.5) is 0 Å². The van der Waals surface area contributed by atoms with E-state index in [4.69, 9.17) is 9.47 Å². The molecule has 1 saturated heterocycles. The van der Waals surface area contributed by atoms with Crippen LogP contribution in [0.5, 0.6) is 11.5 Å². The number of hydrogen-bond donors (Lipinski definition) is 1. The maximum atomic E-state index is 12.3. The van der Waals surface area contributed by atoms with E-state index in [1.165, 1.54) is 5.56 Å². The first-order valence-electron chi connectivity index (χ1n) is 10.1. The van der Waals surface area contributed by atoms with E-state index in [1.54, 1.807) is 35.0 Å². The summed E-state index contributed by atoms with van der Waals surface area (Å²) in [4.78, 5) is 6.79. The second-order valence-electron chi connectivity index (χ2n) is 8.24. The van der Waals surface area contributed by atoms with Gasteiger partial charge in [0.15, 0.2) is 15.8 Å². The second-order valence-corrected chi connectivity index (χ2v) is 11.1. The van der Waals surface area contributed by atoms with Crippen LogP contribution in [0.3, 0.4) is 0 Å². The Hall–Kier alpha value is -1.23. The molecule has 0 saturated carbocycles. The summed E-state index contributed by atoms with van der Waals surface area (Å²) >= 11 is 0. The number of likely N-dealkylation sites (tertiary alicyclic amines) is 1. The molecule has 0 bridgehead atoms. The molecule has 1 N–H and O–H groups in total. The SMILES string of the molecule is CCNC(=NCCS(=O)(=O)C(C)(C)C)N1CCC(c2cc(OC)cc(OC)c2)C1.I. The monoisotopic (exact) mass is 553 g/mol. The number of nitrogens with one attached hydrogen (secondary N) is 1. The summed E-state index contributed by atoms with van der Waals surface area (Å²) in [5.74, 6) is 2.72. The fourth-order valence-corrected chi connectivity index (χ4v) is 4.24. The maximum Gasteiger partial charge on any atom is 0.193 e. The van der Waals surface area contributed by atoms with Gasteiger partial charge in [-0.25, -0.2) is 8.42 Å². The molecule has 1 fully saturated rings. The van der Waals surface area contributed by atoms with Gasteiger partial charge in [-0.15, -0.1) is 24.0 Å². The topological polar surface area (TPSA) is 80.2 Å². The Balaban J connectivity index is 0.00000450. The third-order valence-corrected chi connectivity index (χ3v) is 7.81. The second kappa shape index (κ2) is 11.4. The molecule has 7 nitrogen and oxygen atoms in total. The van der Waals surface area contributed by atoms with E-state index >= 15 is 0 Å². The zero-order chi connectivity index (χ0) is 21.7. The summed E-state index contributed by atoms with van der Waals surface area (Å²) in [5, 5.41) is 3.30. The zero-order valence-corrected chi connectivity index (χ0v) is 22.0. The molecule has 1 unspecified atom stereocenters. The Morgan fingerprint density at radius 3 is 2.30 bits per heavy atom. The number of ether oxygens (including phenoxy) is 2. The van der Waals surface area contributed by atoms with Gasteiger partial charge in [-0.05, 0) is 51.8 Å². The van der Waals surface area contributed by atoms with Crippen LogP contribution in [0.25, 0.3) is 0 Å². The molecule has 0 radical (unpaired) electrons. The van der Waals surface area contributed by atoms with Gasteiger partial charge in [0.25, 0.3) is 0 Å². The number of sulfone groups is 1. The lowest BCUT2D eigenvalue weighted by atomic mass is 9.98. The molecule has 9 heteroatoms. The highest BCUT2D eigenvalue weighted by Gasteiger charge is 2.29. The number of benzene rings is 1. The van der Waals surface area contributed by atoms with E-state index in [0.717, 1.165) is 43.5 Å². The van der Waals surface area contributed by atoms with Crippen molar-refractivity contribution in [1.82, 2.24) is 10.2 Å². The lowest BCUT2D eigenvalue weighted by molar-refractivity contribution is 0.392. The Labute approximate surface area is 198 Å². The average molecular weight is 554 g/mol. The highest BCUT2D eigenvalue weighted by Crippen LogP contribution is 2.32. The lowest BCUT2D eigenvalue weighted by Gasteiger charge is -2.23. The molecule has 0 spiro atoms. The molecule has 1 atom stereocenters. The summed E-state index contributed by atoms with van der Waals surface area (Å²) in [5.41, 5.74) is 1.18. The van der Waals surface area contributed by atoms with Crippen LogP contribution in [-0.4, -0.2) is 70.2 Å². The van der Waals surface area contributed by atoms with Gasteiger partial charge < -0.3 is 19.7 Å². The van der Waals surface area contributed by atoms with Crippen molar-refractivity contribution in [3.05, 3.63) is 23.8 Å². The van der Waals surface area contributed by atoms with Crippen molar-refractivity contribution in [3.8, 4) is 11.5 Å². The molecule has 2 rings (SSSR count). The first-order chi connectivity index (χ1) is 13.6. The Bertz CT molecular complexity index is 800. The first kappa shape index (κ1) is 26.8. The molecule has 1 aromatic carbocycles. The van der Waals surface area contributed by atoms with Crippen LogP contribution in [0, 0.1) is 0 Å². The highest BCUT2D eigenvalue weighted by molar-refractivity contribution is 14.0. The van der Waals surface area contributed by atoms with Gasteiger partial charge in [0.1, 0.15) is 11.5 Å². The van der Waals surface area contributed by atoms with E-state index in [0.29, 0.717) is 5.92 Å². The van der Waals surface area contributed by atoms with Crippen molar-refractivity contribution in [1.29, 1.82) is 0 Å².